The summed E-state index contributed by atoms with van der Waals surface area (Å²) in [6.07, 6.45) is 0. The van der Waals surface area contributed by atoms with Gasteiger partial charge in [0.15, 0.2) is 5.43 Å². The lowest BCUT2D eigenvalue weighted by molar-refractivity contribution is 0.0528. The Morgan fingerprint density at radius 2 is 1.85 bits per heavy atom. The van der Waals surface area contributed by atoms with E-state index in [1.807, 2.05) is 0 Å². The Morgan fingerprint density at radius 1 is 1.15 bits per heavy atom. The van der Waals surface area contributed by atoms with Crippen LogP contribution in [0.2, 0.25) is 0 Å². The van der Waals surface area contributed by atoms with Gasteiger partial charge in [0, 0.05) is 11.8 Å². The Bertz CT molecular complexity index is 1150. The molecule has 0 radical (unpaired) electrons. The Kier molecular flexibility index (Phi) is 4.60. The average Bonchev–Trinajstić information content (AvgIpc) is 2.60. The molecule has 0 amide bonds. The van der Waals surface area contributed by atoms with E-state index in [1.54, 1.807) is 19.1 Å². The summed E-state index contributed by atoms with van der Waals surface area (Å²) in [6.45, 7) is 1.86. The van der Waals surface area contributed by atoms with Crippen LogP contribution in [-0.4, -0.2) is 26.0 Å². The number of aromatic amines is 1. The van der Waals surface area contributed by atoms with Crippen molar-refractivity contribution in [2.24, 2.45) is 0 Å². The third kappa shape index (κ3) is 3.36. The van der Waals surface area contributed by atoms with E-state index in [4.69, 9.17) is 4.74 Å². The first-order chi connectivity index (χ1) is 12.3. The number of hydrogen-bond donors (Lipinski definition) is 1. The van der Waals surface area contributed by atoms with Gasteiger partial charge >= 0.3 is 16.2 Å². The van der Waals surface area contributed by atoms with E-state index in [0.717, 1.165) is 12.1 Å². The molecule has 1 heterocycles. The lowest BCUT2D eigenvalue weighted by Gasteiger charge is -2.08. The largest absolute Gasteiger partial charge is 0.462 e. The van der Waals surface area contributed by atoms with Gasteiger partial charge in [0.1, 0.15) is 0 Å². The van der Waals surface area contributed by atoms with E-state index in [-0.39, 0.29) is 23.0 Å². The zero-order valence-corrected chi connectivity index (χ0v) is 14.5. The molecule has 3 rings (SSSR count). The lowest BCUT2D eigenvalue weighted by Crippen LogP contribution is -2.12. The average molecular weight is 375 g/mol. The Balaban J connectivity index is 2.13. The normalized spacial score (nSPS) is 11.5. The van der Waals surface area contributed by atoms with Gasteiger partial charge in [-0.2, -0.15) is 8.42 Å². The second-order valence-corrected chi connectivity index (χ2v) is 6.81. The van der Waals surface area contributed by atoms with Crippen LogP contribution in [-0.2, 0) is 15.0 Å². The van der Waals surface area contributed by atoms with Gasteiger partial charge in [-0.15, -0.1) is 3.89 Å². The molecule has 0 saturated heterocycles. The highest BCUT2D eigenvalue weighted by Gasteiger charge is 2.16. The van der Waals surface area contributed by atoms with E-state index in [9.17, 15) is 21.9 Å². The summed E-state index contributed by atoms with van der Waals surface area (Å²) in [5.41, 5.74) is 1.11. The lowest BCUT2D eigenvalue weighted by atomic mass is 10.1. The molecule has 8 heteroatoms. The molecule has 0 aliphatic heterocycles. The molecular formula is C18H14FNO5S. The third-order valence-corrected chi connectivity index (χ3v) is 4.63. The summed E-state index contributed by atoms with van der Waals surface area (Å²) >= 11 is 0. The molecule has 0 fully saturated rings. The molecule has 0 spiro atoms. The summed E-state index contributed by atoms with van der Waals surface area (Å²) in [5.74, 6) is -0.589. The Hall–Kier alpha value is -3.00. The fourth-order valence-electron chi connectivity index (χ4n) is 2.64. The predicted octanol–water partition coefficient (Wildman–Crippen LogP) is 3.03. The number of carbonyl (C=O) groups is 1. The van der Waals surface area contributed by atoms with Gasteiger partial charge in [0.2, 0.25) is 0 Å². The minimum atomic E-state index is -4.79. The van der Waals surface area contributed by atoms with Crippen LogP contribution in [0.15, 0.2) is 58.2 Å². The molecule has 134 valence electrons. The molecule has 3 aromatic rings. The minimum absolute atomic E-state index is 0.163. The van der Waals surface area contributed by atoms with Gasteiger partial charge in [-0.1, -0.05) is 18.2 Å². The van der Waals surface area contributed by atoms with Crippen LogP contribution < -0.4 is 5.43 Å². The van der Waals surface area contributed by atoms with E-state index in [1.165, 1.54) is 24.3 Å². The van der Waals surface area contributed by atoms with E-state index < -0.39 is 21.1 Å². The second kappa shape index (κ2) is 6.72. The van der Waals surface area contributed by atoms with Crippen LogP contribution in [0.1, 0.15) is 17.3 Å². The van der Waals surface area contributed by atoms with Crippen molar-refractivity contribution in [1.82, 2.24) is 4.98 Å². The molecule has 0 atom stereocenters. The number of fused-ring (bicyclic) bond motifs is 1. The van der Waals surface area contributed by atoms with Crippen LogP contribution >= 0.6 is 0 Å². The minimum Gasteiger partial charge on any atom is -0.462 e. The number of pyridine rings is 1. The topological polar surface area (TPSA) is 93.3 Å². The van der Waals surface area contributed by atoms with Crippen LogP contribution in [0.3, 0.4) is 0 Å². The molecule has 26 heavy (non-hydrogen) atoms. The third-order valence-electron chi connectivity index (χ3n) is 3.80. The molecule has 6 nitrogen and oxygen atoms in total. The van der Waals surface area contributed by atoms with E-state index in [2.05, 4.69) is 4.98 Å². The maximum absolute atomic E-state index is 13.0. The van der Waals surface area contributed by atoms with Gasteiger partial charge in [-0.3, -0.25) is 4.79 Å². The summed E-state index contributed by atoms with van der Waals surface area (Å²) in [6, 6.07) is 11.1. The highest BCUT2D eigenvalue weighted by molar-refractivity contribution is 7.86. The van der Waals surface area contributed by atoms with Crippen molar-refractivity contribution in [3.8, 4) is 11.3 Å². The predicted molar refractivity (Wildman–Crippen MR) is 94.3 cm³/mol. The maximum atomic E-state index is 13.0. The summed E-state index contributed by atoms with van der Waals surface area (Å²) in [4.78, 5) is 27.1. The van der Waals surface area contributed by atoms with E-state index >= 15 is 0 Å². The molecule has 0 bridgehead atoms. The van der Waals surface area contributed by atoms with Crippen LogP contribution in [0, 0.1) is 0 Å². The number of hydrogen-bond acceptors (Lipinski definition) is 5. The molecule has 0 aliphatic rings. The van der Waals surface area contributed by atoms with Crippen LogP contribution in [0.4, 0.5) is 3.89 Å². The Morgan fingerprint density at radius 3 is 2.46 bits per heavy atom. The number of ether oxygens (including phenoxy) is 1. The number of halogens is 1. The Labute approximate surface area is 148 Å². The first kappa shape index (κ1) is 17.8. The number of H-pyrrole nitrogens is 1. The van der Waals surface area contributed by atoms with Gasteiger partial charge in [-0.05, 0) is 36.8 Å². The monoisotopic (exact) mass is 375 g/mol. The quantitative estimate of drug-likeness (QED) is 0.559. The zero-order chi connectivity index (χ0) is 18.9. The second-order valence-electron chi connectivity index (χ2n) is 5.46. The fraction of sp³-hybridized carbons (Fsp3) is 0.111. The first-order valence-electron chi connectivity index (χ1n) is 7.69. The molecule has 1 N–H and O–H groups in total. The van der Waals surface area contributed by atoms with Crippen molar-refractivity contribution in [3.63, 3.8) is 0 Å². The fourth-order valence-corrected chi connectivity index (χ4v) is 3.10. The molecular weight excluding hydrogens is 361 g/mol. The number of rotatable bonds is 4. The summed E-state index contributed by atoms with van der Waals surface area (Å²) in [5, 5.41) is 0.206. The van der Waals surface area contributed by atoms with Gasteiger partial charge < -0.3 is 9.72 Å². The maximum Gasteiger partial charge on any atom is 0.338 e. The van der Waals surface area contributed by atoms with E-state index in [0.29, 0.717) is 16.8 Å². The number of aromatic nitrogens is 1. The number of carbonyl (C=O) groups excluding carboxylic acids is 1. The smallest absolute Gasteiger partial charge is 0.338 e. The van der Waals surface area contributed by atoms with Crippen LogP contribution in [0.5, 0.6) is 0 Å². The highest BCUT2D eigenvalue weighted by Crippen LogP contribution is 2.23. The standard InChI is InChI=1S/C18H14FNO5S/c1-2-25-18(22)13-4-3-5-14-17(13)16(21)10-15(20-14)11-6-8-12(9-7-11)26(19,23)24/h3-10H,2H2,1H3,(H,20,21). The number of esters is 1. The molecule has 2 aromatic carbocycles. The van der Waals surface area contributed by atoms with Gasteiger partial charge in [-0.25, -0.2) is 4.79 Å². The number of nitrogens with one attached hydrogen (secondary N) is 1. The summed E-state index contributed by atoms with van der Waals surface area (Å²) in [7, 11) is -4.79. The van der Waals surface area contributed by atoms with Crippen molar-refractivity contribution in [3.05, 3.63) is 64.3 Å². The molecule has 0 unspecified atom stereocenters. The summed E-state index contributed by atoms with van der Waals surface area (Å²) < 4.78 is 39.7. The SMILES string of the molecule is CCOC(=O)c1cccc2[nH]c(-c3ccc(S(=O)(=O)F)cc3)cc(=O)c12. The van der Waals surface area contributed by atoms with Crippen molar-refractivity contribution >= 4 is 27.1 Å². The van der Waals surface area contributed by atoms with Crippen molar-refractivity contribution < 1.29 is 21.8 Å². The highest BCUT2D eigenvalue weighted by atomic mass is 32.3. The molecule has 1 aromatic heterocycles. The first-order valence-corrected chi connectivity index (χ1v) is 9.08. The van der Waals surface area contributed by atoms with Gasteiger partial charge in [0.25, 0.3) is 0 Å². The van der Waals surface area contributed by atoms with Crippen molar-refractivity contribution in [2.45, 2.75) is 11.8 Å². The van der Waals surface area contributed by atoms with Gasteiger partial charge in [0.05, 0.1) is 28.0 Å². The number of benzene rings is 2. The van der Waals surface area contributed by atoms with Crippen molar-refractivity contribution in [2.75, 3.05) is 6.61 Å². The molecule has 0 aliphatic carbocycles. The van der Waals surface area contributed by atoms with Crippen molar-refractivity contribution in [1.29, 1.82) is 0 Å². The van der Waals surface area contributed by atoms with Crippen LogP contribution in [0.25, 0.3) is 22.2 Å². The molecule has 0 saturated carbocycles. The zero-order valence-electron chi connectivity index (χ0n) is 13.7.